The van der Waals surface area contributed by atoms with E-state index in [9.17, 15) is 4.79 Å². The summed E-state index contributed by atoms with van der Waals surface area (Å²) in [7, 11) is 0. The number of hydrogen-bond donors (Lipinski definition) is 1. The second-order valence-corrected chi connectivity index (χ2v) is 8.86. The zero-order valence-electron chi connectivity index (χ0n) is 16.1. The lowest BCUT2D eigenvalue weighted by atomic mass is 10.0. The van der Waals surface area contributed by atoms with Crippen LogP contribution in [0, 0.1) is 0 Å². The number of nitrogens with one attached hydrogen (secondary N) is 1. The lowest BCUT2D eigenvalue weighted by molar-refractivity contribution is -0.118. The fourth-order valence-electron chi connectivity index (χ4n) is 4.06. The van der Waals surface area contributed by atoms with E-state index in [1.165, 1.54) is 23.4 Å². The SMILES string of the molecule is C[C@@H]1CN(Cc2ccco2)[C@H](C)CN1CC(=O)Nc1nc2c(s1)CCCC2. The first kappa shape index (κ1) is 18.7. The van der Waals surface area contributed by atoms with Crippen molar-refractivity contribution in [3.8, 4) is 0 Å². The van der Waals surface area contributed by atoms with Crippen molar-refractivity contribution in [2.24, 2.45) is 0 Å². The first-order valence-corrected chi connectivity index (χ1v) is 10.7. The summed E-state index contributed by atoms with van der Waals surface area (Å²) in [4.78, 5) is 23.2. The highest BCUT2D eigenvalue weighted by Crippen LogP contribution is 2.29. The van der Waals surface area contributed by atoms with Crippen LogP contribution in [0.2, 0.25) is 0 Å². The summed E-state index contributed by atoms with van der Waals surface area (Å²) in [5.74, 6) is 1.03. The average Bonchev–Trinajstić information content (AvgIpc) is 3.28. The zero-order chi connectivity index (χ0) is 18.8. The molecule has 2 aliphatic rings. The third-order valence-corrected chi connectivity index (χ3v) is 6.69. The van der Waals surface area contributed by atoms with Crippen LogP contribution in [0.3, 0.4) is 0 Å². The standard InChI is InChI=1S/C20H28N4O2S/c1-14-11-24(15(2)10-23(14)12-16-6-5-9-26-16)13-19(25)22-20-21-17-7-3-4-8-18(17)27-20/h5-6,9,14-15H,3-4,7-8,10-13H2,1-2H3,(H,21,22,25)/t14-,15-/m1/s1. The van der Waals surface area contributed by atoms with Crippen molar-refractivity contribution in [3.05, 3.63) is 34.7 Å². The Kier molecular flexibility index (Phi) is 5.61. The number of amides is 1. The summed E-state index contributed by atoms with van der Waals surface area (Å²) in [5.41, 5.74) is 1.19. The molecule has 1 fully saturated rings. The lowest BCUT2D eigenvalue weighted by Gasteiger charge is -2.43. The van der Waals surface area contributed by atoms with Crippen molar-refractivity contribution in [1.29, 1.82) is 0 Å². The van der Waals surface area contributed by atoms with Gasteiger partial charge in [-0.3, -0.25) is 14.6 Å². The van der Waals surface area contributed by atoms with E-state index in [0.29, 0.717) is 18.6 Å². The Morgan fingerprint density at radius 1 is 1.26 bits per heavy atom. The number of aryl methyl sites for hydroxylation is 2. The van der Waals surface area contributed by atoms with Gasteiger partial charge in [-0.25, -0.2) is 4.98 Å². The van der Waals surface area contributed by atoms with Crippen molar-refractivity contribution < 1.29 is 9.21 Å². The molecule has 2 atom stereocenters. The molecule has 7 heteroatoms. The van der Waals surface area contributed by atoms with Crippen LogP contribution in [-0.4, -0.2) is 52.4 Å². The van der Waals surface area contributed by atoms with Gasteiger partial charge in [-0.1, -0.05) is 0 Å². The Balaban J connectivity index is 1.31. The molecule has 2 aromatic heterocycles. The monoisotopic (exact) mass is 388 g/mol. The molecule has 1 saturated heterocycles. The Hall–Kier alpha value is -1.70. The summed E-state index contributed by atoms with van der Waals surface area (Å²) < 4.78 is 5.49. The Morgan fingerprint density at radius 3 is 2.81 bits per heavy atom. The Bertz CT molecular complexity index is 750. The molecule has 0 aromatic carbocycles. The average molecular weight is 389 g/mol. The summed E-state index contributed by atoms with van der Waals surface area (Å²) in [6.07, 6.45) is 6.32. The molecule has 1 amide bonds. The number of fused-ring (bicyclic) bond motifs is 1. The molecular formula is C20H28N4O2S. The molecule has 3 heterocycles. The maximum atomic E-state index is 12.6. The molecule has 1 aliphatic carbocycles. The van der Waals surface area contributed by atoms with Crippen LogP contribution in [0.1, 0.15) is 43.0 Å². The lowest BCUT2D eigenvalue weighted by Crippen LogP contribution is -2.57. The van der Waals surface area contributed by atoms with E-state index in [-0.39, 0.29) is 5.91 Å². The molecular weight excluding hydrogens is 360 g/mol. The molecule has 27 heavy (non-hydrogen) atoms. The summed E-state index contributed by atoms with van der Waals surface area (Å²) in [6, 6.07) is 4.66. The minimum atomic E-state index is 0.0413. The van der Waals surface area contributed by atoms with Crippen LogP contribution >= 0.6 is 11.3 Å². The van der Waals surface area contributed by atoms with E-state index in [4.69, 9.17) is 4.42 Å². The van der Waals surface area contributed by atoms with Gasteiger partial charge in [0.15, 0.2) is 5.13 Å². The van der Waals surface area contributed by atoms with Gasteiger partial charge >= 0.3 is 0 Å². The number of rotatable bonds is 5. The predicted octanol–water partition coefficient (Wildman–Crippen LogP) is 3.15. The number of hydrogen-bond acceptors (Lipinski definition) is 6. The Morgan fingerprint density at radius 2 is 2.04 bits per heavy atom. The van der Waals surface area contributed by atoms with E-state index < -0.39 is 0 Å². The number of piperazine rings is 1. The fourth-order valence-corrected chi connectivity index (χ4v) is 5.13. The first-order valence-electron chi connectivity index (χ1n) is 9.87. The van der Waals surface area contributed by atoms with Gasteiger partial charge in [0.2, 0.25) is 5.91 Å². The summed E-state index contributed by atoms with van der Waals surface area (Å²) in [6.45, 7) is 7.46. The van der Waals surface area contributed by atoms with Crippen molar-refractivity contribution in [1.82, 2.24) is 14.8 Å². The van der Waals surface area contributed by atoms with Crippen LogP contribution in [0.5, 0.6) is 0 Å². The van der Waals surface area contributed by atoms with E-state index in [1.807, 2.05) is 12.1 Å². The van der Waals surface area contributed by atoms with Gasteiger partial charge < -0.3 is 9.73 Å². The number of carbonyl (C=O) groups is 1. The molecule has 6 nitrogen and oxygen atoms in total. The van der Waals surface area contributed by atoms with Crippen LogP contribution in [0.25, 0.3) is 0 Å². The fraction of sp³-hybridized carbons (Fsp3) is 0.600. The molecule has 1 N–H and O–H groups in total. The summed E-state index contributed by atoms with van der Waals surface area (Å²) >= 11 is 1.65. The predicted molar refractivity (Wildman–Crippen MR) is 107 cm³/mol. The molecule has 0 bridgehead atoms. The van der Waals surface area contributed by atoms with Crippen molar-refractivity contribution in [2.45, 2.75) is 58.2 Å². The van der Waals surface area contributed by atoms with E-state index in [1.54, 1.807) is 17.6 Å². The largest absolute Gasteiger partial charge is 0.468 e. The normalized spacial score (nSPS) is 23.9. The quantitative estimate of drug-likeness (QED) is 0.853. The van der Waals surface area contributed by atoms with Crippen LogP contribution in [0.15, 0.2) is 22.8 Å². The van der Waals surface area contributed by atoms with Gasteiger partial charge in [0.25, 0.3) is 0 Å². The van der Waals surface area contributed by atoms with Crippen molar-refractivity contribution in [3.63, 3.8) is 0 Å². The highest BCUT2D eigenvalue weighted by Gasteiger charge is 2.30. The van der Waals surface area contributed by atoms with Gasteiger partial charge in [-0.15, -0.1) is 11.3 Å². The molecule has 0 radical (unpaired) electrons. The van der Waals surface area contributed by atoms with Gasteiger partial charge in [-0.05, 0) is 51.7 Å². The van der Waals surface area contributed by atoms with Gasteiger partial charge in [0, 0.05) is 30.1 Å². The summed E-state index contributed by atoms with van der Waals surface area (Å²) in [5, 5.41) is 3.80. The maximum absolute atomic E-state index is 12.6. The maximum Gasteiger partial charge on any atom is 0.240 e. The molecule has 2 aromatic rings. The minimum Gasteiger partial charge on any atom is -0.468 e. The van der Waals surface area contributed by atoms with E-state index in [2.05, 4.69) is 33.9 Å². The smallest absolute Gasteiger partial charge is 0.240 e. The van der Waals surface area contributed by atoms with Crippen molar-refractivity contribution in [2.75, 3.05) is 25.0 Å². The number of carbonyl (C=O) groups excluding carboxylic acids is 1. The highest BCUT2D eigenvalue weighted by atomic mass is 32.1. The third kappa shape index (κ3) is 4.42. The van der Waals surface area contributed by atoms with Gasteiger partial charge in [0.05, 0.1) is 25.0 Å². The highest BCUT2D eigenvalue weighted by molar-refractivity contribution is 7.15. The number of nitrogens with zero attached hydrogens (tertiary/aromatic N) is 3. The first-order chi connectivity index (χ1) is 13.1. The zero-order valence-corrected chi connectivity index (χ0v) is 16.9. The molecule has 4 rings (SSSR count). The van der Waals surface area contributed by atoms with Gasteiger partial charge in [-0.2, -0.15) is 0 Å². The Labute approximate surface area is 164 Å². The van der Waals surface area contributed by atoms with Crippen LogP contribution in [-0.2, 0) is 24.2 Å². The third-order valence-electron chi connectivity index (χ3n) is 5.62. The minimum absolute atomic E-state index is 0.0413. The second kappa shape index (κ2) is 8.12. The van der Waals surface area contributed by atoms with Crippen LogP contribution in [0.4, 0.5) is 5.13 Å². The topological polar surface area (TPSA) is 61.6 Å². The molecule has 146 valence electrons. The van der Waals surface area contributed by atoms with E-state index in [0.717, 1.165) is 43.4 Å². The molecule has 1 aliphatic heterocycles. The molecule has 0 unspecified atom stereocenters. The second-order valence-electron chi connectivity index (χ2n) is 7.78. The number of furan rings is 1. The number of thiazole rings is 1. The number of aromatic nitrogens is 1. The molecule has 0 spiro atoms. The number of anilines is 1. The molecule has 0 saturated carbocycles. The van der Waals surface area contributed by atoms with Gasteiger partial charge in [0.1, 0.15) is 5.76 Å². The van der Waals surface area contributed by atoms with Crippen LogP contribution < -0.4 is 5.32 Å². The van der Waals surface area contributed by atoms with Crippen molar-refractivity contribution >= 4 is 22.4 Å². The van der Waals surface area contributed by atoms with E-state index >= 15 is 0 Å².